The highest BCUT2D eigenvalue weighted by atomic mass is 16.6. The highest BCUT2D eigenvalue weighted by Crippen LogP contribution is 2.58. The maximum absolute atomic E-state index is 13.3. The fourth-order valence-electron chi connectivity index (χ4n) is 5.51. The number of hydrogen-bond acceptors (Lipinski definition) is 6. The smallest absolute Gasteiger partial charge is 0.340 e. The molecule has 176 valence electrons. The number of carbonyl (C=O) groups excluding carboxylic acids is 1. The summed E-state index contributed by atoms with van der Waals surface area (Å²) in [7, 11) is 8.02. The zero-order valence-electron chi connectivity index (χ0n) is 20.4. The molecule has 0 saturated carbocycles. The number of esters is 1. The maximum Gasteiger partial charge on any atom is 0.340 e. The van der Waals surface area contributed by atoms with Gasteiger partial charge >= 0.3 is 5.97 Å². The quantitative estimate of drug-likeness (QED) is 0.458. The predicted octanol–water partition coefficient (Wildman–Crippen LogP) is 3.90. The van der Waals surface area contributed by atoms with E-state index in [2.05, 4.69) is 35.8 Å². The van der Waals surface area contributed by atoms with Crippen LogP contribution in [-0.4, -0.2) is 44.4 Å². The van der Waals surface area contributed by atoms with Crippen molar-refractivity contribution in [3.05, 3.63) is 93.5 Å². The molecule has 3 aromatic carbocycles. The minimum atomic E-state index is -1.77. The lowest BCUT2D eigenvalue weighted by atomic mass is 9.61. The Morgan fingerprint density at radius 2 is 1.29 bits per heavy atom. The van der Waals surface area contributed by atoms with Gasteiger partial charge in [0, 0.05) is 67.2 Å². The number of aliphatic hydroxyl groups is 2. The molecule has 2 N–H and O–H groups in total. The summed E-state index contributed by atoms with van der Waals surface area (Å²) in [6.45, 7) is 4.39. The zero-order valence-corrected chi connectivity index (χ0v) is 20.4. The van der Waals surface area contributed by atoms with Crippen LogP contribution < -0.4 is 9.80 Å². The summed E-state index contributed by atoms with van der Waals surface area (Å²) in [6.07, 6.45) is -1.77. The first-order valence-corrected chi connectivity index (χ1v) is 11.4. The molecule has 0 amide bonds. The van der Waals surface area contributed by atoms with Crippen molar-refractivity contribution in [2.24, 2.45) is 0 Å². The van der Waals surface area contributed by atoms with Gasteiger partial charge in [-0.2, -0.15) is 0 Å². The van der Waals surface area contributed by atoms with E-state index in [9.17, 15) is 15.0 Å². The number of carbonyl (C=O) groups is 1. The van der Waals surface area contributed by atoms with Crippen LogP contribution in [0.3, 0.4) is 0 Å². The highest BCUT2D eigenvalue weighted by molar-refractivity contribution is 5.98. The summed E-state index contributed by atoms with van der Waals surface area (Å²) < 4.78 is 6.31. The lowest BCUT2D eigenvalue weighted by Gasteiger charge is -2.45. The first-order valence-electron chi connectivity index (χ1n) is 11.4. The van der Waals surface area contributed by atoms with Crippen molar-refractivity contribution in [1.82, 2.24) is 0 Å². The van der Waals surface area contributed by atoms with Crippen molar-refractivity contribution in [2.45, 2.75) is 31.2 Å². The van der Waals surface area contributed by atoms with E-state index < -0.39 is 17.9 Å². The third-order valence-corrected chi connectivity index (χ3v) is 7.35. The van der Waals surface area contributed by atoms with Crippen LogP contribution in [0.15, 0.2) is 54.6 Å². The largest absolute Gasteiger partial charge is 0.441 e. The van der Waals surface area contributed by atoms with E-state index in [1.54, 1.807) is 12.1 Å². The Morgan fingerprint density at radius 3 is 1.76 bits per heavy atom. The van der Waals surface area contributed by atoms with Crippen LogP contribution in [-0.2, 0) is 15.8 Å². The molecule has 3 aromatic rings. The predicted molar refractivity (Wildman–Crippen MR) is 133 cm³/mol. The van der Waals surface area contributed by atoms with Crippen molar-refractivity contribution in [3.63, 3.8) is 0 Å². The molecule has 6 nitrogen and oxygen atoms in total. The number of anilines is 2. The number of aliphatic hydroxyl groups excluding tert-OH is 1. The Morgan fingerprint density at radius 1 is 0.765 bits per heavy atom. The number of benzene rings is 3. The summed E-state index contributed by atoms with van der Waals surface area (Å²) in [5, 5.41) is 20.0. The van der Waals surface area contributed by atoms with Gasteiger partial charge in [0.1, 0.15) is 0 Å². The second-order valence-corrected chi connectivity index (χ2v) is 10.1. The topological polar surface area (TPSA) is 73.2 Å². The molecule has 1 heterocycles. The average molecular weight is 459 g/mol. The van der Waals surface area contributed by atoms with Gasteiger partial charge in [-0.05, 0) is 35.4 Å². The Balaban J connectivity index is 1.92. The molecule has 0 aromatic heterocycles. The normalized spacial score (nSPS) is 16.7. The van der Waals surface area contributed by atoms with Crippen molar-refractivity contribution >= 4 is 17.3 Å². The second-order valence-electron chi connectivity index (χ2n) is 10.1. The van der Waals surface area contributed by atoms with Crippen molar-refractivity contribution in [3.8, 4) is 0 Å². The van der Waals surface area contributed by atoms with Crippen LogP contribution in [0.5, 0.6) is 0 Å². The van der Waals surface area contributed by atoms with Gasteiger partial charge in [0.05, 0.1) is 5.56 Å². The number of ether oxygens (including phenoxy) is 1. The monoisotopic (exact) mass is 458 g/mol. The molecule has 2 aliphatic rings. The van der Waals surface area contributed by atoms with Crippen LogP contribution in [0.4, 0.5) is 11.4 Å². The molecule has 5 rings (SSSR count). The molecule has 34 heavy (non-hydrogen) atoms. The summed E-state index contributed by atoms with van der Waals surface area (Å²) in [5.41, 5.74) is 5.51. The lowest BCUT2D eigenvalue weighted by Crippen LogP contribution is -2.41. The van der Waals surface area contributed by atoms with Gasteiger partial charge in [-0.3, -0.25) is 0 Å². The second kappa shape index (κ2) is 7.32. The molecule has 6 heteroatoms. The van der Waals surface area contributed by atoms with Crippen molar-refractivity contribution in [2.75, 3.05) is 38.0 Å². The molecule has 0 unspecified atom stereocenters. The van der Waals surface area contributed by atoms with E-state index in [0.29, 0.717) is 5.56 Å². The Kier molecular flexibility index (Phi) is 4.83. The van der Waals surface area contributed by atoms with E-state index in [1.165, 1.54) is 0 Å². The number of hydrogen-bond donors (Lipinski definition) is 2. The number of fused-ring (bicyclic) bond motifs is 6. The maximum atomic E-state index is 13.3. The van der Waals surface area contributed by atoms with Crippen LogP contribution in [0.25, 0.3) is 0 Å². The van der Waals surface area contributed by atoms with Gasteiger partial charge in [-0.1, -0.05) is 44.2 Å². The van der Waals surface area contributed by atoms with Gasteiger partial charge in [0.15, 0.2) is 11.9 Å². The Bertz CT molecular complexity index is 1260. The first kappa shape index (κ1) is 22.4. The molecule has 0 fully saturated rings. The Hall–Kier alpha value is -3.35. The SMILES string of the molecule is CN(C)c1ccc2c(c1)C(C)(C)c1cc(N(C)C)ccc1C21OC(=O)c2c(C(O)O)cccc21. The zero-order chi connectivity index (χ0) is 24.6. The van der Waals surface area contributed by atoms with Crippen LogP contribution in [0, 0.1) is 0 Å². The molecular weight excluding hydrogens is 428 g/mol. The lowest BCUT2D eigenvalue weighted by molar-refractivity contribution is -0.0432. The fourth-order valence-corrected chi connectivity index (χ4v) is 5.51. The minimum Gasteiger partial charge on any atom is -0.441 e. The van der Waals surface area contributed by atoms with E-state index in [1.807, 2.05) is 58.5 Å². The molecule has 0 radical (unpaired) electrons. The molecule has 1 aliphatic carbocycles. The fraction of sp³-hybridized carbons (Fsp3) is 0.321. The summed E-state index contributed by atoms with van der Waals surface area (Å²) in [6, 6.07) is 17.6. The third kappa shape index (κ3) is 2.85. The first-order chi connectivity index (χ1) is 16.0. The average Bonchev–Trinajstić information content (AvgIpc) is 3.10. The highest BCUT2D eigenvalue weighted by Gasteiger charge is 2.56. The van der Waals surface area contributed by atoms with Crippen LogP contribution in [0.2, 0.25) is 0 Å². The van der Waals surface area contributed by atoms with Gasteiger partial charge in [0.25, 0.3) is 0 Å². The van der Waals surface area contributed by atoms with Gasteiger partial charge in [0.2, 0.25) is 0 Å². The van der Waals surface area contributed by atoms with Crippen molar-refractivity contribution in [1.29, 1.82) is 0 Å². The molecule has 0 saturated heterocycles. The molecule has 1 aliphatic heterocycles. The van der Waals surface area contributed by atoms with Crippen LogP contribution in [0.1, 0.15) is 63.9 Å². The molecule has 0 bridgehead atoms. The van der Waals surface area contributed by atoms with E-state index in [4.69, 9.17) is 4.74 Å². The molecule has 0 atom stereocenters. The molecular formula is C28H30N2O4. The van der Waals surface area contributed by atoms with Gasteiger partial charge in [-0.25, -0.2) is 4.79 Å². The van der Waals surface area contributed by atoms with Gasteiger partial charge in [-0.15, -0.1) is 0 Å². The minimum absolute atomic E-state index is 0.155. The van der Waals surface area contributed by atoms with Gasteiger partial charge < -0.3 is 24.7 Å². The summed E-state index contributed by atoms with van der Waals surface area (Å²) in [5.74, 6) is -0.552. The standard InChI is InChI=1S/C28H30N2O4/c1-27(2)22-14-16(29(3)4)10-12-19(22)28(20-13-11-17(30(5)6)15-23(20)27)21-9-7-8-18(25(31)32)24(21)26(33)34-28/h7-15,25,31-32H,1-6H3. The number of rotatable bonds is 3. The molecule has 1 spiro atoms. The Labute approximate surface area is 200 Å². The third-order valence-electron chi connectivity index (χ3n) is 7.35. The van der Waals surface area contributed by atoms with Crippen LogP contribution >= 0.6 is 0 Å². The summed E-state index contributed by atoms with van der Waals surface area (Å²) in [4.78, 5) is 17.5. The van der Waals surface area contributed by atoms with E-state index in [0.717, 1.165) is 33.6 Å². The number of nitrogens with zero attached hydrogens (tertiary/aromatic N) is 2. The van der Waals surface area contributed by atoms with E-state index in [-0.39, 0.29) is 16.5 Å². The van der Waals surface area contributed by atoms with Crippen molar-refractivity contribution < 1.29 is 19.7 Å². The summed E-state index contributed by atoms with van der Waals surface area (Å²) >= 11 is 0. The van der Waals surface area contributed by atoms with E-state index >= 15 is 0 Å².